The molecule has 0 bridgehead atoms. The minimum absolute atomic E-state index is 0.403. The van der Waals surface area contributed by atoms with E-state index in [9.17, 15) is 0 Å². The van der Waals surface area contributed by atoms with Crippen molar-refractivity contribution >= 4 is 0 Å². The van der Waals surface area contributed by atoms with E-state index in [2.05, 4.69) is 50.1 Å². The van der Waals surface area contributed by atoms with Gasteiger partial charge in [-0.3, -0.25) is 4.98 Å². The summed E-state index contributed by atoms with van der Waals surface area (Å²) in [4.78, 5) is 4.03. The van der Waals surface area contributed by atoms with E-state index in [1.807, 2.05) is 12.4 Å². The maximum Gasteiger partial charge on any atom is 0.0295 e. The Hall–Kier alpha value is -0.890. The fourth-order valence-corrected chi connectivity index (χ4v) is 1.85. The lowest BCUT2D eigenvalue weighted by atomic mass is 9.99. The highest BCUT2D eigenvalue weighted by molar-refractivity contribution is 5.14. The second kappa shape index (κ2) is 5.86. The Morgan fingerprint density at radius 1 is 1.20 bits per heavy atom. The van der Waals surface area contributed by atoms with Crippen LogP contribution in [0.1, 0.15) is 45.7 Å². The Labute approximate surface area is 93.1 Å². The van der Waals surface area contributed by atoms with Gasteiger partial charge in [0.15, 0.2) is 0 Å². The molecule has 0 aliphatic carbocycles. The summed E-state index contributed by atoms with van der Waals surface area (Å²) in [6.45, 7) is 8.97. The molecular formula is C13H22N2. The van der Waals surface area contributed by atoms with Gasteiger partial charge in [-0.1, -0.05) is 20.8 Å². The van der Waals surface area contributed by atoms with Crippen LogP contribution in [-0.2, 0) is 0 Å². The topological polar surface area (TPSA) is 24.9 Å². The zero-order valence-electron chi connectivity index (χ0n) is 10.2. The normalized spacial score (nSPS) is 15.3. The van der Waals surface area contributed by atoms with Gasteiger partial charge in [0.25, 0.3) is 0 Å². The van der Waals surface area contributed by atoms with Gasteiger partial charge in [0.2, 0.25) is 0 Å². The fourth-order valence-electron chi connectivity index (χ4n) is 1.85. The molecule has 1 N–H and O–H groups in total. The van der Waals surface area contributed by atoms with E-state index in [0.717, 1.165) is 0 Å². The third-order valence-electron chi connectivity index (χ3n) is 2.91. The molecule has 1 aromatic rings. The number of nitrogens with one attached hydrogen (secondary N) is 1. The second-order valence-corrected chi connectivity index (χ2v) is 4.43. The van der Waals surface area contributed by atoms with E-state index in [-0.39, 0.29) is 0 Å². The molecule has 1 heterocycles. The standard InChI is InChI=1S/C13H22N2/c1-5-13(10(2)3)15-11(4)12-6-8-14-9-7-12/h6-11,13,15H,5H2,1-4H3/t11-,13-/m1/s1. The predicted molar refractivity (Wildman–Crippen MR) is 64.7 cm³/mol. The summed E-state index contributed by atoms with van der Waals surface area (Å²) < 4.78 is 0. The Bertz CT molecular complexity index is 269. The molecule has 0 aliphatic heterocycles. The van der Waals surface area contributed by atoms with Gasteiger partial charge < -0.3 is 5.32 Å². The van der Waals surface area contributed by atoms with Crippen LogP contribution in [0.25, 0.3) is 0 Å². The first-order valence-corrected chi connectivity index (χ1v) is 5.81. The lowest BCUT2D eigenvalue weighted by Crippen LogP contribution is -2.35. The van der Waals surface area contributed by atoms with Crippen LogP contribution in [0, 0.1) is 5.92 Å². The highest BCUT2D eigenvalue weighted by Gasteiger charge is 2.14. The molecule has 2 atom stereocenters. The molecule has 0 aliphatic rings. The molecule has 0 amide bonds. The molecule has 1 aromatic heterocycles. The first-order valence-electron chi connectivity index (χ1n) is 5.81. The average molecular weight is 206 g/mol. The smallest absolute Gasteiger partial charge is 0.0295 e. The van der Waals surface area contributed by atoms with Crippen molar-refractivity contribution in [2.45, 2.75) is 46.2 Å². The van der Waals surface area contributed by atoms with Crippen LogP contribution in [0.5, 0.6) is 0 Å². The van der Waals surface area contributed by atoms with Gasteiger partial charge in [-0.2, -0.15) is 0 Å². The molecule has 1 rings (SSSR count). The van der Waals surface area contributed by atoms with Gasteiger partial charge in [0, 0.05) is 24.5 Å². The second-order valence-electron chi connectivity index (χ2n) is 4.43. The molecular weight excluding hydrogens is 184 g/mol. The van der Waals surface area contributed by atoms with Crippen molar-refractivity contribution < 1.29 is 0 Å². The molecule has 84 valence electrons. The van der Waals surface area contributed by atoms with Crippen LogP contribution in [-0.4, -0.2) is 11.0 Å². The average Bonchev–Trinajstić information content (AvgIpc) is 2.26. The number of hydrogen-bond donors (Lipinski definition) is 1. The van der Waals surface area contributed by atoms with Gasteiger partial charge in [-0.25, -0.2) is 0 Å². The Morgan fingerprint density at radius 2 is 1.80 bits per heavy atom. The van der Waals surface area contributed by atoms with Gasteiger partial charge in [0.1, 0.15) is 0 Å². The lowest BCUT2D eigenvalue weighted by Gasteiger charge is -2.25. The quantitative estimate of drug-likeness (QED) is 0.800. The molecule has 15 heavy (non-hydrogen) atoms. The van der Waals surface area contributed by atoms with E-state index in [1.54, 1.807) is 0 Å². The maximum absolute atomic E-state index is 4.03. The summed E-state index contributed by atoms with van der Waals surface area (Å²) >= 11 is 0. The van der Waals surface area contributed by atoms with Crippen molar-refractivity contribution in [1.29, 1.82) is 0 Å². The molecule has 0 saturated carbocycles. The van der Waals surface area contributed by atoms with E-state index in [1.165, 1.54) is 12.0 Å². The van der Waals surface area contributed by atoms with Crippen molar-refractivity contribution in [2.75, 3.05) is 0 Å². The molecule has 0 saturated heterocycles. The predicted octanol–water partition coefficient (Wildman–Crippen LogP) is 3.17. The highest BCUT2D eigenvalue weighted by atomic mass is 14.9. The summed E-state index contributed by atoms with van der Waals surface area (Å²) in [5.74, 6) is 0.680. The van der Waals surface area contributed by atoms with Crippen LogP contribution < -0.4 is 5.32 Å². The molecule has 0 unspecified atom stereocenters. The summed E-state index contributed by atoms with van der Waals surface area (Å²) in [5, 5.41) is 3.65. The summed E-state index contributed by atoms with van der Waals surface area (Å²) in [7, 11) is 0. The van der Waals surface area contributed by atoms with Crippen LogP contribution in [0.2, 0.25) is 0 Å². The van der Waals surface area contributed by atoms with Crippen molar-refractivity contribution in [3.8, 4) is 0 Å². The number of aromatic nitrogens is 1. The Kier molecular flexibility index (Phi) is 4.76. The van der Waals surface area contributed by atoms with E-state index >= 15 is 0 Å². The SMILES string of the molecule is CC[C@@H](N[C@H](C)c1ccncc1)C(C)C. The van der Waals surface area contributed by atoms with Gasteiger partial charge >= 0.3 is 0 Å². The minimum Gasteiger partial charge on any atom is -0.307 e. The number of rotatable bonds is 5. The molecule has 0 fully saturated rings. The zero-order chi connectivity index (χ0) is 11.3. The minimum atomic E-state index is 0.403. The van der Waals surface area contributed by atoms with E-state index < -0.39 is 0 Å². The van der Waals surface area contributed by atoms with Gasteiger partial charge in [-0.15, -0.1) is 0 Å². The molecule has 2 heteroatoms. The van der Waals surface area contributed by atoms with Gasteiger partial charge in [0.05, 0.1) is 0 Å². The first kappa shape index (κ1) is 12.2. The molecule has 0 aromatic carbocycles. The number of nitrogens with zero attached hydrogens (tertiary/aromatic N) is 1. The van der Waals surface area contributed by atoms with Crippen LogP contribution in [0.4, 0.5) is 0 Å². The fraction of sp³-hybridized carbons (Fsp3) is 0.615. The van der Waals surface area contributed by atoms with Crippen molar-refractivity contribution in [1.82, 2.24) is 10.3 Å². The van der Waals surface area contributed by atoms with Gasteiger partial charge in [-0.05, 0) is 37.0 Å². The lowest BCUT2D eigenvalue weighted by molar-refractivity contribution is 0.356. The van der Waals surface area contributed by atoms with Crippen molar-refractivity contribution in [3.63, 3.8) is 0 Å². The third kappa shape index (κ3) is 3.63. The summed E-state index contributed by atoms with van der Waals surface area (Å²) in [6, 6.07) is 5.14. The third-order valence-corrected chi connectivity index (χ3v) is 2.91. The molecule has 0 spiro atoms. The van der Waals surface area contributed by atoms with Crippen LogP contribution in [0.3, 0.4) is 0 Å². The van der Waals surface area contributed by atoms with Crippen molar-refractivity contribution in [3.05, 3.63) is 30.1 Å². The first-order chi connectivity index (χ1) is 7.15. The molecule has 2 nitrogen and oxygen atoms in total. The van der Waals surface area contributed by atoms with E-state index in [4.69, 9.17) is 0 Å². The zero-order valence-corrected chi connectivity index (χ0v) is 10.2. The maximum atomic E-state index is 4.03. The number of pyridine rings is 1. The Morgan fingerprint density at radius 3 is 2.27 bits per heavy atom. The van der Waals surface area contributed by atoms with Crippen LogP contribution >= 0.6 is 0 Å². The van der Waals surface area contributed by atoms with Crippen LogP contribution in [0.15, 0.2) is 24.5 Å². The Balaban J connectivity index is 2.58. The monoisotopic (exact) mass is 206 g/mol. The number of hydrogen-bond acceptors (Lipinski definition) is 2. The highest BCUT2D eigenvalue weighted by Crippen LogP contribution is 2.15. The van der Waals surface area contributed by atoms with E-state index in [0.29, 0.717) is 18.0 Å². The summed E-state index contributed by atoms with van der Waals surface area (Å²) in [5.41, 5.74) is 1.31. The summed E-state index contributed by atoms with van der Waals surface area (Å²) in [6.07, 6.45) is 4.88. The molecule has 0 radical (unpaired) electrons. The van der Waals surface area contributed by atoms with Crippen molar-refractivity contribution in [2.24, 2.45) is 5.92 Å². The largest absolute Gasteiger partial charge is 0.307 e.